The normalized spacial score (nSPS) is 11.0. The minimum atomic E-state index is -0.485. The van der Waals surface area contributed by atoms with Gasteiger partial charge in [-0.15, -0.1) is 0 Å². The first-order valence-corrected chi connectivity index (χ1v) is 8.03. The van der Waals surface area contributed by atoms with Crippen molar-refractivity contribution in [2.75, 3.05) is 37.9 Å². The van der Waals surface area contributed by atoms with Gasteiger partial charge in [0.1, 0.15) is 12.3 Å². The number of aromatic nitrogens is 2. The summed E-state index contributed by atoms with van der Waals surface area (Å²) < 4.78 is 5.56. The molecule has 2 rings (SSSR count). The fourth-order valence-corrected chi connectivity index (χ4v) is 2.16. The summed E-state index contributed by atoms with van der Waals surface area (Å²) in [5.74, 6) is 0.814. The predicted octanol–water partition coefficient (Wildman–Crippen LogP) is 3.01. The number of nitrogens with zero attached hydrogens (tertiary/aromatic N) is 3. The average Bonchev–Trinajstić information content (AvgIpc) is 2.53. The lowest BCUT2D eigenvalue weighted by molar-refractivity contribution is -1.07. The number of anilines is 2. The zero-order valence-corrected chi connectivity index (χ0v) is 14.8. The summed E-state index contributed by atoms with van der Waals surface area (Å²) in [6.45, 7) is 0.938. The molecule has 0 saturated heterocycles. The molecular weight excluding hydrogens is 346 g/mol. The van der Waals surface area contributed by atoms with Crippen molar-refractivity contribution in [2.24, 2.45) is 0 Å². The van der Waals surface area contributed by atoms with Gasteiger partial charge in [0.25, 0.3) is 0 Å². The summed E-state index contributed by atoms with van der Waals surface area (Å²) in [6.07, 6.45) is 5.07. The molecule has 0 fully saturated rings. The van der Waals surface area contributed by atoms with E-state index in [-0.39, 0.29) is 4.65 Å². The molecule has 0 unspecified atom stereocenters. The first-order chi connectivity index (χ1) is 11.8. The Hall–Kier alpha value is -2.42. The third kappa shape index (κ3) is 6.92. The van der Waals surface area contributed by atoms with Crippen molar-refractivity contribution < 1.29 is 19.4 Å². The van der Waals surface area contributed by atoms with E-state index >= 15 is 0 Å². The van der Waals surface area contributed by atoms with Crippen LogP contribution in [-0.2, 0) is 0 Å². The van der Waals surface area contributed by atoms with E-state index < -0.39 is 6.03 Å². The molecule has 9 heteroatoms. The van der Waals surface area contributed by atoms with Crippen molar-refractivity contribution in [3.63, 3.8) is 0 Å². The number of hydroxylamine groups is 3. The van der Waals surface area contributed by atoms with Gasteiger partial charge in [0.15, 0.2) is 5.82 Å². The van der Waals surface area contributed by atoms with Crippen LogP contribution in [0.5, 0.6) is 5.75 Å². The molecule has 1 aromatic carbocycles. The van der Waals surface area contributed by atoms with Crippen molar-refractivity contribution in [1.29, 1.82) is 0 Å². The van der Waals surface area contributed by atoms with Crippen LogP contribution in [0.15, 0.2) is 36.8 Å². The minimum absolute atomic E-state index is 0.129. The molecule has 2 aromatic rings. The molecular formula is C16H21ClN5O3+. The van der Waals surface area contributed by atoms with Crippen molar-refractivity contribution in [2.45, 2.75) is 6.42 Å². The summed E-state index contributed by atoms with van der Waals surface area (Å²) in [4.78, 5) is 19.9. The number of hydrogen-bond donors (Lipinski definition) is 3. The standard InChI is InChI=1S/C16H20ClN5O3/c1-22(2,24)8-3-9-25-14-5-4-12(17)10-13(14)20-16(23)21-15-11-18-6-7-19-15/h4-7,10-11,24H,3,8-9H2,1-2H3,(H-,19,20,21,23)/p+1. The van der Waals surface area contributed by atoms with Gasteiger partial charge in [-0.3, -0.25) is 10.3 Å². The summed E-state index contributed by atoms with van der Waals surface area (Å²) in [7, 11) is 3.37. The molecule has 0 atom stereocenters. The molecule has 2 amide bonds. The van der Waals surface area contributed by atoms with Crippen LogP contribution in [0.25, 0.3) is 0 Å². The van der Waals surface area contributed by atoms with E-state index in [4.69, 9.17) is 16.3 Å². The highest BCUT2D eigenvalue weighted by Crippen LogP contribution is 2.28. The van der Waals surface area contributed by atoms with Crippen LogP contribution < -0.4 is 15.4 Å². The maximum Gasteiger partial charge on any atom is 0.325 e. The van der Waals surface area contributed by atoms with Gasteiger partial charge in [-0.05, 0) is 18.2 Å². The molecule has 0 radical (unpaired) electrons. The number of amides is 2. The monoisotopic (exact) mass is 366 g/mol. The van der Waals surface area contributed by atoms with Crippen LogP contribution in [0.3, 0.4) is 0 Å². The van der Waals surface area contributed by atoms with Crippen LogP contribution in [0.4, 0.5) is 16.3 Å². The highest BCUT2D eigenvalue weighted by Gasteiger charge is 2.12. The molecule has 0 aliphatic heterocycles. The van der Waals surface area contributed by atoms with Crippen LogP contribution in [0.1, 0.15) is 6.42 Å². The third-order valence-electron chi connectivity index (χ3n) is 3.10. The number of benzene rings is 1. The number of halogens is 1. The average molecular weight is 367 g/mol. The van der Waals surface area contributed by atoms with Gasteiger partial charge in [-0.1, -0.05) is 11.6 Å². The summed E-state index contributed by atoms with van der Waals surface area (Å²) in [5.41, 5.74) is 0.437. The molecule has 8 nitrogen and oxygen atoms in total. The van der Waals surface area contributed by atoms with Gasteiger partial charge < -0.3 is 10.1 Å². The molecule has 1 heterocycles. The Kier molecular flexibility index (Phi) is 6.51. The van der Waals surface area contributed by atoms with E-state index in [1.54, 1.807) is 32.3 Å². The van der Waals surface area contributed by atoms with Gasteiger partial charge in [0, 0.05) is 23.8 Å². The number of carbonyl (C=O) groups excluding carboxylic acids is 1. The molecule has 0 bridgehead atoms. The first-order valence-electron chi connectivity index (χ1n) is 7.65. The predicted molar refractivity (Wildman–Crippen MR) is 95.0 cm³/mol. The lowest BCUT2D eigenvalue weighted by atomic mass is 10.3. The topological polar surface area (TPSA) is 96.4 Å². The largest absolute Gasteiger partial charge is 0.491 e. The van der Waals surface area contributed by atoms with E-state index in [1.165, 1.54) is 18.6 Å². The molecule has 0 aliphatic rings. The zero-order chi connectivity index (χ0) is 18.3. The lowest BCUT2D eigenvalue weighted by Crippen LogP contribution is -2.36. The van der Waals surface area contributed by atoms with Crippen molar-refractivity contribution in [3.05, 3.63) is 41.8 Å². The Morgan fingerprint density at radius 3 is 2.80 bits per heavy atom. The second kappa shape index (κ2) is 8.61. The van der Waals surface area contributed by atoms with E-state index in [2.05, 4.69) is 20.6 Å². The van der Waals surface area contributed by atoms with E-state index in [0.717, 1.165) is 0 Å². The minimum Gasteiger partial charge on any atom is -0.491 e. The zero-order valence-electron chi connectivity index (χ0n) is 14.1. The van der Waals surface area contributed by atoms with E-state index in [9.17, 15) is 10.0 Å². The van der Waals surface area contributed by atoms with Gasteiger partial charge in [-0.25, -0.2) is 15.0 Å². The second-order valence-corrected chi connectivity index (χ2v) is 6.29. The van der Waals surface area contributed by atoms with Crippen LogP contribution in [-0.4, -0.2) is 53.1 Å². The van der Waals surface area contributed by atoms with E-state index in [1.807, 2.05) is 0 Å². The Morgan fingerprint density at radius 2 is 2.12 bits per heavy atom. The van der Waals surface area contributed by atoms with Crippen LogP contribution >= 0.6 is 11.6 Å². The molecule has 25 heavy (non-hydrogen) atoms. The molecule has 1 aromatic heterocycles. The van der Waals surface area contributed by atoms with Crippen molar-refractivity contribution >= 4 is 29.1 Å². The van der Waals surface area contributed by atoms with Crippen molar-refractivity contribution in [1.82, 2.24) is 9.97 Å². The number of quaternary nitrogens is 1. The number of hydrogen-bond acceptors (Lipinski definition) is 5. The molecule has 3 N–H and O–H groups in total. The van der Waals surface area contributed by atoms with Gasteiger partial charge in [0.05, 0.1) is 32.6 Å². The third-order valence-corrected chi connectivity index (χ3v) is 3.34. The highest BCUT2D eigenvalue weighted by molar-refractivity contribution is 6.31. The van der Waals surface area contributed by atoms with Gasteiger partial charge in [-0.2, -0.15) is 4.65 Å². The van der Waals surface area contributed by atoms with E-state index in [0.29, 0.717) is 41.8 Å². The number of carbonyl (C=O) groups is 1. The van der Waals surface area contributed by atoms with Crippen LogP contribution in [0.2, 0.25) is 5.02 Å². The Labute approximate surface area is 151 Å². The SMILES string of the molecule is C[N+](C)(O)CCCOc1ccc(Cl)cc1NC(=O)Nc1cnccn1. The van der Waals surface area contributed by atoms with Gasteiger partial charge in [0.2, 0.25) is 0 Å². The quantitative estimate of drug-likeness (QED) is 0.397. The number of nitrogens with one attached hydrogen (secondary N) is 2. The maximum absolute atomic E-state index is 12.1. The number of ether oxygens (including phenoxy) is 1. The Balaban J connectivity index is 1.96. The summed E-state index contributed by atoms with van der Waals surface area (Å²) in [5, 5.41) is 15.4. The molecule has 0 spiro atoms. The highest BCUT2D eigenvalue weighted by atomic mass is 35.5. The number of rotatable bonds is 7. The molecule has 134 valence electrons. The Bertz CT molecular complexity index is 707. The molecule has 0 saturated carbocycles. The fourth-order valence-electron chi connectivity index (χ4n) is 1.99. The first kappa shape index (κ1) is 18.9. The second-order valence-electron chi connectivity index (χ2n) is 5.86. The summed E-state index contributed by atoms with van der Waals surface area (Å²) in [6, 6.07) is 4.47. The maximum atomic E-state index is 12.1. The van der Waals surface area contributed by atoms with Crippen LogP contribution in [0, 0.1) is 0 Å². The summed E-state index contributed by atoms with van der Waals surface area (Å²) >= 11 is 6.00. The van der Waals surface area contributed by atoms with Crippen molar-refractivity contribution in [3.8, 4) is 5.75 Å². The molecule has 0 aliphatic carbocycles. The smallest absolute Gasteiger partial charge is 0.325 e. The van der Waals surface area contributed by atoms with Gasteiger partial charge >= 0.3 is 6.03 Å². The fraction of sp³-hybridized carbons (Fsp3) is 0.312. The lowest BCUT2D eigenvalue weighted by Gasteiger charge is -2.19. The number of urea groups is 1. The Morgan fingerprint density at radius 1 is 1.32 bits per heavy atom.